The van der Waals surface area contributed by atoms with Crippen LogP contribution in [0.3, 0.4) is 0 Å². The fraction of sp³-hybridized carbons (Fsp3) is 0.500. The average molecular weight is 1630 g/mol. The van der Waals surface area contributed by atoms with Crippen LogP contribution in [0, 0.1) is 53.0 Å². The molecule has 4 heterocycles. The Bertz CT molecular complexity index is 3830. The molecular formula is C76H102BrClF3N5O17S3. The van der Waals surface area contributed by atoms with E-state index in [0.717, 1.165) is 47.7 Å². The number of halogens is 5. The Morgan fingerprint density at radius 1 is 0.481 bits per heavy atom. The van der Waals surface area contributed by atoms with Crippen molar-refractivity contribution in [2.75, 3.05) is 53.9 Å². The molecule has 0 bridgehead atoms. The molecule has 106 heavy (non-hydrogen) atoms. The number of sulfone groups is 2. The Morgan fingerprint density at radius 3 is 1.08 bits per heavy atom. The number of nitrogens with one attached hydrogen (secondary N) is 4. The van der Waals surface area contributed by atoms with Crippen molar-refractivity contribution in [1.82, 2.24) is 21.3 Å². The minimum absolute atomic E-state index is 0.00410. The summed E-state index contributed by atoms with van der Waals surface area (Å²) in [5.74, 6) is -1.29. The van der Waals surface area contributed by atoms with E-state index in [0.29, 0.717) is 108 Å². The molecule has 4 aliphatic heterocycles. The molecule has 0 aromatic heterocycles. The zero-order chi connectivity index (χ0) is 79.2. The van der Waals surface area contributed by atoms with Crippen molar-refractivity contribution in [2.45, 2.75) is 148 Å². The van der Waals surface area contributed by atoms with Crippen molar-refractivity contribution >= 4 is 103 Å². The number of carbonyl (C=O) groups excluding carboxylic acids is 8. The van der Waals surface area contributed by atoms with Crippen LogP contribution < -0.4 is 41.2 Å². The van der Waals surface area contributed by atoms with E-state index in [9.17, 15) is 76.8 Å². The number of nitrogens with two attached hydrogens (primary N) is 1. The second kappa shape index (κ2) is 48.0. The van der Waals surface area contributed by atoms with Crippen molar-refractivity contribution < 1.29 is 91.0 Å². The van der Waals surface area contributed by atoms with Crippen molar-refractivity contribution in [3.63, 3.8) is 0 Å². The first-order valence-corrected chi connectivity index (χ1v) is 42.2. The minimum atomic E-state index is -3.31. The van der Waals surface area contributed by atoms with Crippen LogP contribution in [0.2, 0.25) is 0 Å². The lowest BCUT2D eigenvalue weighted by molar-refractivity contribution is -0.127. The largest absolute Gasteiger partial charge is 0.490 e. The normalized spacial score (nSPS) is 18.7. The van der Waals surface area contributed by atoms with Gasteiger partial charge in [0.15, 0.2) is 54.4 Å². The highest BCUT2D eigenvalue weighted by molar-refractivity contribution is 9.09. The first kappa shape index (κ1) is 92.6. The van der Waals surface area contributed by atoms with Crippen molar-refractivity contribution in [3.8, 4) is 17.2 Å². The zero-order valence-corrected chi connectivity index (χ0v) is 65.3. The summed E-state index contributed by atoms with van der Waals surface area (Å²) >= 11 is 3.13. The van der Waals surface area contributed by atoms with E-state index in [2.05, 4.69) is 70.1 Å². The fourth-order valence-electron chi connectivity index (χ4n) is 9.80. The summed E-state index contributed by atoms with van der Waals surface area (Å²) in [5, 5.41) is 9.74. The fourth-order valence-corrected chi connectivity index (χ4v) is 13.8. The second-order valence-electron chi connectivity index (χ2n) is 26.4. The lowest BCUT2D eigenvalue weighted by Gasteiger charge is -2.14. The van der Waals surface area contributed by atoms with Crippen LogP contribution >= 0.6 is 26.6 Å². The molecule has 3 aromatic carbocycles. The van der Waals surface area contributed by atoms with Gasteiger partial charge in [0.1, 0.15) is 0 Å². The number of allylic oxidation sites excluding steroid dienone is 7. The number of alkyl halides is 1. The molecule has 586 valence electrons. The van der Waals surface area contributed by atoms with Gasteiger partial charge in [-0.2, -0.15) is 0 Å². The Morgan fingerprint density at radius 2 is 0.811 bits per heavy atom. The van der Waals surface area contributed by atoms with Gasteiger partial charge in [0.2, 0.25) is 56.3 Å². The second-order valence-corrected chi connectivity index (χ2v) is 34.5. The van der Waals surface area contributed by atoms with E-state index in [1.165, 1.54) is 37.1 Å². The van der Waals surface area contributed by atoms with Gasteiger partial charge in [-0.1, -0.05) is 90.5 Å². The number of hydrogen-bond donors (Lipinski definition) is 5. The highest BCUT2D eigenvalue weighted by atomic mass is 79.9. The van der Waals surface area contributed by atoms with Gasteiger partial charge in [-0.15, -0.1) is 32.9 Å². The maximum absolute atomic E-state index is 13.9. The van der Waals surface area contributed by atoms with Crippen molar-refractivity contribution in [1.29, 1.82) is 0 Å². The summed E-state index contributed by atoms with van der Waals surface area (Å²) in [6.45, 7) is 24.5. The molecule has 8 amide bonds. The standard InChI is InChI=1S/C22H28FNO5S.C17H23FO3S.C12H16FNO.2C7H9NO2.C4H7ClO2S.C4H5NO2.C3H5Br/c1-15(17-8-9-19(23)20(11-17)29-13-16-6-7-16)14-30(27,28)10-4-2-3-5-18-12-21(25)24-22(18)26;1-3-4-9-22(19,20)12-13(2)15-7-8-16(18)17(10-15)21-11-14-5-6-14;1-8(14)10-4-5-11(13)12(6-10)15-7-9-2-3-9;2*1-2-3-5-4-6(9)8-7(5)10;1-2-3-4-8(5,6)7;6-3-1-2-4(7)5-3;1-2-3-4/h2-3,8-9,11,15-16,18H,4-7,10,12-14H2,1H3,(H,24,25,26);3,7-8,10,13-14H,1,4-6,9,11-12H2,2H3;4-6,8-9H,2-3,7,14H2,1H3;2*2,5H,1,3-4H2,(H,8,9,10);2H,1,3-4H2;1-2H2,(H,5,6,7);2H,1,3H2/b3-2+;;;;;;;/t15-,18?;13-;8-;;;;;/m001...../s1. The number of imide groups is 4. The van der Waals surface area contributed by atoms with Gasteiger partial charge in [0.25, 0.3) is 0 Å². The molecule has 3 aromatic rings. The first-order chi connectivity index (χ1) is 50.0. The molecule has 6 atom stereocenters. The third-order valence-corrected chi connectivity index (χ3v) is 21.9. The smallest absolute Gasteiger partial charge is 0.232 e. The van der Waals surface area contributed by atoms with Gasteiger partial charge in [0, 0.05) is 54.2 Å². The summed E-state index contributed by atoms with van der Waals surface area (Å²) in [5.41, 5.74) is 8.15. The Hall–Kier alpha value is -7.57. The number of amides is 8. The van der Waals surface area contributed by atoms with Gasteiger partial charge in [-0.3, -0.25) is 59.6 Å². The minimum Gasteiger partial charge on any atom is -0.490 e. The summed E-state index contributed by atoms with van der Waals surface area (Å²) in [6.07, 6.45) is 23.0. The number of ether oxygens (including phenoxy) is 3. The van der Waals surface area contributed by atoms with E-state index in [4.69, 9.17) is 30.6 Å². The predicted molar refractivity (Wildman–Crippen MR) is 408 cm³/mol. The molecule has 7 aliphatic rings. The van der Waals surface area contributed by atoms with Gasteiger partial charge < -0.3 is 19.9 Å². The van der Waals surface area contributed by atoms with Crippen LogP contribution in [0.5, 0.6) is 17.2 Å². The van der Waals surface area contributed by atoms with Gasteiger partial charge in [0.05, 0.1) is 66.3 Å². The molecule has 22 nitrogen and oxygen atoms in total. The third kappa shape index (κ3) is 39.9. The highest BCUT2D eigenvalue weighted by Crippen LogP contribution is 2.34. The maximum Gasteiger partial charge on any atom is 0.232 e. The molecule has 0 radical (unpaired) electrons. The van der Waals surface area contributed by atoms with E-state index in [-0.39, 0.29) is 135 Å². The zero-order valence-electron chi connectivity index (χ0n) is 60.5. The molecule has 4 saturated heterocycles. The Balaban J connectivity index is 0.000000338. The molecule has 7 fully saturated rings. The monoisotopic (exact) mass is 1620 g/mol. The molecule has 6 N–H and O–H groups in total. The van der Waals surface area contributed by atoms with Crippen LogP contribution in [0.25, 0.3) is 0 Å². The third-order valence-electron chi connectivity index (χ3n) is 16.5. The van der Waals surface area contributed by atoms with Crippen LogP contribution in [0.4, 0.5) is 13.2 Å². The van der Waals surface area contributed by atoms with Crippen LogP contribution in [-0.2, 0) is 67.1 Å². The van der Waals surface area contributed by atoms with Crippen molar-refractivity contribution in [3.05, 3.63) is 164 Å². The number of carbonyl (C=O) groups is 8. The lowest BCUT2D eigenvalue weighted by Crippen LogP contribution is -2.21. The van der Waals surface area contributed by atoms with E-state index in [1.807, 2.05) is 13.8 Å². The number of hydrogen-bond acceptors (Lipinski definition) is 18. The maximum atomic E-state index is 13.9. The molecule has 30 heteroatoms. The molecule has 10 rings (SSSR count). The SMILES string of the molecule is C=CCBr.C=CCC1CC(=O)NC1=O.C=CCC1CC(=O)NC1=O.C=CCCS(=O)(=O)C[C@H](C)c1ccc(F)c(OCC2CC2)c1.C=CCCS(=O)(=O)Cl.C[C@@H](CS(=O)(=O)CC/C=C/CC1CC(=O)NC1=O)c1ccc(F)c(OCC2CC2)c1.C[C@@H](N)c1ccc(F)c(OCC2CC2)c1.O=C1CCC(=O)N1. The molecular weight excluding hydrogens is 1520 g/mol. The van der Waals surface area contributed by atoms with Crippen molar-refractivity contribution in [2.24, 2.45) is 41.2 Å². The van der Waals surface area contributed by atoms with Crippen LogP contribution in [0.1, 0.15) is 164 Å². The quantitative estimate of drug-likeness (QED) is 0.0168. The number of benzene rings is 3. The van der Waals surface area contributed by atoms with E-state index in [1.54, 1.807) is 79.8 Å². The molecule has 3 aliphatic carbocycles. The van der Waals surface area contributed by atoms with Gasteiger partial charge >= 0.3 is 0 Å². The summed E-state index contributed by atoms with van der Waals surface area (Å²) in [4.78, 5) is 85.6. The predicted octanol–water partition coefficient (Wildman–Crippen LogP) is 12.0. The topological polar surface area (TPSA) is 341 Å². The summed E-state index contributed by atoms with van der Waals surface area (Å²) in [7, 11) is -4.89. The summed E-state index contributed by atoms with van der Waals surface area (Å²) in [6, 6.07) is 13.9. The first-order valence-electron chi connectivity index (χ1n) is 35.0. The molecule has 3 unspecified atom stereocenters. The average Bonchev–Trinajstić information content (AvgIpc) is 1.44. The Kier molecular flexibility index (Phi) is 41.9. The molecule has 0 spiro atoms. The number of rotatable bonds is 32. The van der Waals surface area contributed by atoms with E-state index >= 15 is 0 Å². The van der Waals surface area contributed by atoms with Crippen LogP contribution in [-0.4, -0.2) is 126 Å². The van der Waals surface area contributed by atoms with Gasteiger partial charge in [-0.05, 0) is 167 Å². The summed E-state index contributed by atoms with van der Waals surface area (Å²) < 4.78 is 127. The lowest BCUT2D eigenvalue weighted by atomic mass is 10.0. The van der Waals surface area contributed by atoms with E-state index < -0.39 is 40.4 Å². The molecule has 3 saturated carbocycles. The Labute approximate surface area is 635 Å². The highest BCUT2D eigenvalue weighted by Gasteiger charge is 2.32. The van der Waals surface area contributed by atoms with Crippen LogP contribution in [0.15, 0.2) is 130 Å². The van der Waals surface area contributed by atoms with Gasteiger partial charge in [-0.25, -0.2) is 38.4 Å².